The summed E-state index contributed by atoms with van der Waals surface area (Å²) in [6, 6.07) is 3.85. The van der Waals surface area contributed by atoms with E-state index in [1.165, 1.54) is 0 Å². The van der Waals surface area contributed by atoms with Crippen LogP contribution in [-0.2, 0) is 10.2 Å². The van der Waals surface area contributed by atoms with E-state index in [2.05, 4.69) is 40.4 Å². The number of ether oxygens (including phenoxy) is 1. The first-order valence-electron chi connectivity index (χ1n) is 13.4. The Morgan fingerprint density at radius 1 is 1.24 bits per heavy atom. The molecule has 1 aromatic carbocycles. The van der Waals surface area contributed by atoms with Crippen LogP contribution in [0, 0.1) is 16.7 Å². The van der Waals surface area contributed by atoms with Gasteiger partial charge in [0.15, 0.2) is 17.6 Å². The summed E-state index contributed by atoms with van der Waals surface area (Å²) in [4.78, 5) is 27.5. The van der Waals surface area contributed by atoms with Gasteiger partial charge in [-0.3, -0.25) is 20.4 Å². The molecule has 0 aromatic heterocycles. The molecule has 4 fully saturated rings. The van der Waals surface area contributed by atoms with Crippen molar-refractivity contribution in [2.24, 2.45) is 5.92 Å². The number of hydrogen-bond acceptors (Lipinski definition) is 6. The zero-order valence-corrected chi connectivity index (χ0v) is 21.7. The molecule has 1 saturated carbocycles. The second kappa shape index (κ2) is 8.75. The maximum absolute atomic E-state index is 13.5. The Labute approximate surface area is 221 Å². The van der Waals surface area contributed by atoms with Crippen LogP contribution < -0.4 is 31.3 Å². The monoisotopic (exact) mass is 524 g/mol. The number of carbonyl (C=O) groups excluding carboxylic acids is 2. The molecule has 1 spiro atoms. The van der Waals surface area contributed by atoms with Crippen molar-refractivity contribution in [1.82, 2.24) is 31.5 Å². The molecule has 3 unspecified atom stereocenters. The predicted molar refractivity (Wildman–Crippen MR) is 139 cm³/mol. The number of nitrogens with zero attached hydrogens (tertiary/aromatic N) is 1. The number of nitrogens with one attached hydrogen (secondary N) is 7. The van der Waals surface area contributed by atoms with E-state index in [1.54, 1.807) is 11.0 Å². The minimum atomic E-state index is -1.22. The van der Waals surface area contributed by atoms with E-state index in [1.807, 2.05) is 12.1 Å². The Morgan fingerprint density at radius 3 is 2.79 bits per heavy atom. The molecular formula is C26H36N8O4. The molecule has 1 aromatic rings. The summed E-state index contributed by atoms with van der Waals surface area (Å²) in [5, 5.41) is 43.8. The van der Waals surface area contributed by atoms with Gasteiger partial charge in [0.1, 0.15) is 11.9 Å². The molecule has 12 nitrogen and oxygen atoms in total. The first-order chi connectivity index (χ1) is 18.1. The van der Waals surface area contributed by atoms with Crippen molar-refractivity contribution in [2.75, 3.05) is 19.7 Å². The third kappa shape index (κ3) is 3.93. The maximum atomic E-state index is 13.5. The number of amides is 2. The third-order valence-corrected chi connectivity index (χ3v) is 8.72. The van der Waals surface area contributed by atoms with E-state index in [0.717, 1.165) is 24.8 Å². The fourth-order valence-electron chi connectivity index (χ4n) is 6.37. The minimum absolute atomic E-state index is 0.0181. The van der Waals surface area contributed by atoms with E-state index < -0.39 is 29.9 Å². The molecular weight excluding hydrogens is 488 g/mol. The zero-order valence-electron chi connectivity index (χ0n) is 21.7. The van der Waals surface area contributed by atoms with Crippen molar-refractivity contribution in [3.8, 4) is 5.75 Å². The molecule has 204 valence electrons. The first-order valence-corrected chi connectivity index (χ1v) is 13.4. The van der Waals surface area contributed by atoms with Gasteiger partial charge in [-0.05, 0) is 36.7 Å². The fourth-order valence-corrected chi connectivity index (χ4v) is 6.37. The van der Waals surface area contributed by atoms with Crippen LogP contribution in [0.3, 0.4) is 0 Å². The van der Waals surface area contributed by atoms with Gasteiger partial charge < -0.3 is 41.3 Å². The largest absolute Gasteiger partial charge is 0.492 e. The number of rotatable bonds is 6. The molecule has 12 heteroatoms. The Hall–Kier alpha value is -3.54. The Kier molecular flexibility index (Phi) is 5.71. The summed E-state index contributed by atoms with van der Waals surface area (Å²) >= 11 is 0. The number of fused-ring (bicyclic) bond motifs is 1. The van der Waals surface area contributed by atoms with Crippen molar-refractivity contribution in [3.05, 3.63) is 29.3 Å². The van der Waals surface area contributed by atoms with Gasteiger partial charge in [0, 0.05) is 25.1 Å². The van der Waals surface area contributed by atoms with Crippen molar-refractivity contribution in [2.45, 2.75) is 74.8 Å². The summed E-state index contributed by atoms with van der Waals surface area (Å²) in [6.45, 7) is 5.19. The highest BCUT2D eigenvalue weighted by Gasteiger charge is 2.66. The summed E-state index contributed by atoms with van der Waals surface area (Å²) in [5.41, 5.74) is 0.0497. The van der Waals surface area contributed by atoms with Crippen LogP contribution in [0.5, 0.6) is 5.75 Å². The molecule has 6 rings (SSSR count). The van der Waals surface area contributed by atoms with Crippen LogP contribution >= 0.6 is 0 Å². The van der Waals surface area contributed by atoms with Crippen molar-refractivity contribution in [1.29, 1.82) is 10.8 Å². The van der Waals surface area contributed by atoms with Crippen molar-refractivity contribution >= 4 is 23.7 Å². The summed E-state index contributed by atoms with van der Waals surface area (Å²) < 4.78 is 5.92. The van der Waals surface area contributed by atoms with E-state index in [9.17, 15) is 14.7 Å². The standard InChI is InChI=1S/C26H36N8O4/c1-25(2)8-9-38-19-14(4-3-5-15(19)25)22(37)30-17-12-34-24(28)31-16(11-29-18(35)10-13-6-7-13)20-26(34,21(17)36)33-23(27)32-20/h3-5,13,16-17,20-21,36H,6-12H2,1-2H3,(H2,28,31)(H,29,35)(H,30,37)(H3,27,32,33)/t16-,17?,20?,21+,26?/m0/s1. The minimum Gasteiger partial charge on any atom is -0.492 e. The summed E-state index contributed by atoms with van der Waals surface area (Å²) in [7, 11) is 0. The first kappa shape index (κ1) is 24.8. The molecule has 5 atom stereocenters. The second-order valence-electron chi connectivity index (χ2n) is 11.8. The normalized spacial score (nSPS) is 32.6. The Balaban J connectivity index is 1.22. The van der Waals surface area contributed by atoms with Gasteiger partial charge in [-0.25, -0.2) is 0 Å². The molecule has 0 bridgehead atoms. The van der Waals surface area contributed by atoms with Crippen LogP contribution in [0.1, 0.15) is 55.5 Å². The van der Waals surface area contributed by atoms with Crippen LogP contribution in [-0.4, -0.2) is 83.3 Å². The smallest absolute Gasteiger partial charge is 0.255 e. The zero-order chi connectivity index (χ0) is 26.8. The number of para-hydroxylation sites is 1. The van der Waals surface area contributed by atoms with Crippen LogP contribution in [0.4, 0.5) is 0 Å². The predicted octanol–water partition coefficient (Wildman–Crippen LogP) is -0.463. The topological polar surface area (TPSA) is 175 Å². The lowest BCUT2D eigenvalue weighted by Gasteiger charge is -2.49. The molecule has 5 aliphatic rings. The van der Waals surface area contributed by atoms with Crippen molar-refractivity contribution < 1.29 is 19.4 Å². The van der Waals surface area contributed by atoms with Crippen LogP contribution in [0.2, 0.25) is 0 Å². The average molecular weight is 525 g/mol. The summed E-state index contributed by atoms with van der Waals surface area (Å²) in [6.07, 6.45) is 2.37. The number of carbonyl (C=O) groups is 2. The maximum Gasteiger partial charge on any atom is 0.255 e. The van der Waals surface area contributed by atoms with Crippen molar-refractivity contribution in [3.63, 3.8) is 0 Å². The molecule has 1 aliphatic carbocycles. The van der Waals surface area contributed by atoms with Gasteiger partial charge in [0.25, 0.3) is 5.91 Å². The second-order valence-corrected chi connectivity index (χ2v) is 11.8. The number of aliphatic hydroxyl groups is 1. The molecule has 8 N–H and O–H groups in total. The summed E-state index contributed by atoms with van der Waals surface area (Å²) in [5.74, 6) is 0.713. The lowest BCUT2D eigenvalue weighted by molar-refractivity contribution is -0.121. The number of hydrogen-bond donors (Lipinski definition) is 8. The van der Waals surface area contributed by atoms with Gasteiger partial charge in [-0.2, -0.15) is 0 Å². The molecule has 4 aliphatic heterocycles. The van der Waals surface area contributed by atoms with Crippen LogP contribution in [0.25, 0.3) is 0 Å². The number of aliphatic hydroxyl groups excluding tert-OH is 1. The molecule has 3 saturated heterocycles. The quantitative estimate of drug-likeness (QED) is 0.247. The lowest BCUT2D eigenvalue weighted by atomic mass is 9.79. The number of benzene rings is 1. The van der Waals surface area contributed by atoms with E-state index in [-0.39, 0.29) is 42.2 Å². The Bertz CT molecular complexity index is 1200. The number of guanidine groups is 2. The molecule has 0 radical (unpaired) electrons. The lowest BCUT2D eigenvalue weighted by Crippen LogP contribution is -2.78. The van der Waals surface area contributed by atoms with Gasteiger partial charge in [-0.15, -0.1) is 0 Å². The third-order valence-electron chi connectivity index (χ3n) is 8.72. The van der Waals surface area contributed by atoms with Gasteiger partial charge >= 0.3 is 0 Å². The van der Waals surface area contributed by atoms with Gasteiger partial charge in [-0.1, -0.05) is 26.0 Å². The fraction of sp³-hybridized carbons (Fsp3) is 0.615. The van der Waals surface area contributed by atoms with E-state index in [0.29, 0.717) is 30.3 Å². The SMILES string of the molecule is CC1(C)CCOc2c(C(=O)NC3CN4C(=N)N[C@@H](CNC(=O)CC5CC5)C5NC(=N)NC54[C@@H]3O)cccc21. The van der Waals surface area contributed by atoms with Gasteiger partial charge in [0.05, 0.1) is 30.3 Å². The average Bonchev–Trinajstić information content (AvgIpc) is 3.54. The highest BCUT2D eigenvalue weighted by atomic mass is 16.5. The molecule has 4 heterocycles. The highest BCUT2D eigenvalue weighted by Crippen LogP contribution is 2.41. The highest BCUT2D eigenvalue weighted by molar-refractivity contribution is 5.98. The molecule has 38 heavy (non-hydrogen) atoms. The van der Waals surface area contributed by atoms with Gasteiger partial charge in [0.2, 0.25) is 5.91 Å². The molecule has 2 amide bonds. The van der Waals surface area contributed by atoms with E-state index in [4.69, 9.17) is 15.6 Å². The Morgan fingerprint density at radius 2 is 2.03 bits per heavy atom. The van der Waals surface area contributed by atoms with Crippen LogP contribution in [0.15, 0.2) is 18.2 Å². The van der Waals surface area contributed by atoms with E-state index >= 15 is 0 Å².